The summed E-state index contributed by atoms with van der Waals surface area (Å²) in [5.74, 6) is 2.14. The fourth-order valence-corrected chi connectivity index (χ4v) is 11.2. The van der Waals surface area contributed by atoms with Crippen LogP contribution in [-0.4, -0.2) is 38.0 Å². The number of phosphoric ester groups is 1. The van der Waals surface area contributed by atoms with Gasteiger partial charge in [-0.25, -0.2) is 0 Å². The molecule has 10 nitrogen and oxygen atoms in total. The summed E-state index contributed by atoms with van der Waals surface area (Å²) in [6.07, 6.45) is 3.80. The van der Waals surface area contributed by atoms with Crippen molar-refractivity contribution in [1.82, 2.24) is 0 Å². The van der Waals surface area contributed by atoms with Gasteiger partial charge in [0.2, 0.25) is 11.4 Å². The SMILES string of the molecule is Cc1cccc(OP(=O)(Oc2ccc3ccc4c(c3c2)N=CC2(O4)N(C)c3ccccc3C2(C)C)Oc2ccc3ccc4c(c3c2)N=CC2(O4)N(C)c3ccccc3C2(C)C)c1. The zero-order valence-electron chi connectivity index (χ0n) is 35.5. The second-order valence-electron chi connectivity index (χ2n) is 17.6. The Morgan fingerprint density at radius 3 is 1.42 bits per heavy atom. The molecule has 2 atom stereocenters. The van der Waals surface area contributed by atoms with E-state index in [0.29, 0.717) is 28.6 Å². The van der Waals surface area contributed by atoms with E-state index in [4.69, 9.17) is 33.0 Å². The smallest absolute Gasteiger partial charge is 0.459 e. The van der Waals surface area contributed by atoms with Crippen LogP contribution in [0.5, 0.6) is 28.7 Å². The molecule has 0 bridgehead atoms. The number of nitrogens with zero attached hydrogens (tertiary/aromatic N) is 4. The molecule has 0 fully saturated rings. The molecule has 0 radical (unpaired) electrons. The van der Waals surface area contributed by atoms with Crippen molar-refractivity contribution in [1.29, 1.82) is 0 Å². The summed E-state index contributed by atoms with van der Waals surface area (Å²) in [4.78, 5) is 14.5. The van der Waals surface area contributed by atoms with Crippen molar-refractivity contribution in [2.24, 2.45) is 9.98 Å². The van der Waals surface area contributed by atoms with Crippen molar-refractivity contribution in [2.45, 2.75) is 56.9 Å². The number of fused-ring (bicyclic) bond motifs is 8. The standard InChI is InChI=1S/C51H45N4O6P/c1-32-13-12-14-35(27-32)59-62(56,60-36-23-19-33-21-25-44-46(38(33)28-36)52-30-50(57-44)48(2,3)40-15-8-10-17-42(40)54(50)6)61-37-24-20-34-22-26-45-47(39(34)29-37)53-31-51(58-45)49(4,5)41-16-9-11-18-43(41)55(51)7/h8-31H,1-7H3. The molecule has 0 amide bonds. The molecule has 0 saturated carbocycles. The normalized spacial score (nSPS) is 21.8. The summed E-state index contributed by atoms with van der Waals surface area (Å²) < 4.78 is 47.8. The number of aliphatic imine (C=N–C) groups is 2. The van der Waals surface area contributed by atoms with Gasteiger partial charge >= 0.3 is 7.82 Å². The number of rotatable bonds is 6. The molecule has 0 aliphatic carbocycles. The zero-order chi connectivity index (χ0) is 42.8. The third kappa shape index (κ3) is 5.38. The van der Waals surface area contributed by atoms with Crippen LogP contribution >= 0.6 is 7.82 Å². The van der Waals surface area contributed by atoms with Gasteiger partial charge in [-0.2, -0.15) is 4.57 Å². The second-order valence-corrected chi connectivity index (χ2v) is 19.1. The van der Waals surface area contributed by atoms with Crippen LogP contribution in [0.2, 0.25) is 0 Å². The van der Waals surface area contributed by atoms with Gasteiger partial charge in [-0.05, 0) is 123 Å². The van der Waals surface area contributed by atoms with E-state index in [0.717, 1.165) is 38.5 Å². The highest BCUT2D eigenvalue weighted by molar-refractivity contribution is 7.49. The van der Waals surface area contributed by atoms with Crippen molar-refractivity contribution < 1.29 is 27.6 Å². The number of benzene rings is 7. The van der Waals surface area contributed by atoms with Crippen molar-refractivity contribution in [3.63, 3.8) is 0 Å². The Kier molecular flexibility index (Phi) is 8.08. The van der Waals surface area contributed by atoms with Gasteiger partial charge in [-0.3, -0.25) is 9.98 Å². The summed E-state index contributed by atoms with van der Waals surface area (Å²) in [5.41, 5.74) is 4.29. The highest BCUT2D eigenvalue weighted by Crippen LogP contribution is 2.57. The lowest BCUT2D eigenvalue weighted by molar-refractivity contribution is 0.0826. The molecular formula is C51H45N4O6P. The predicted octanol–water partition coefficient (Wildman–Crippen LogP) is 12.4. The van der Waals surface area contributed by atoms with Crippen molar-refractivity contribution in [2.75, 3.05) is 23.9 Å². The van der Waals surface area contributed by atoms with Gasteiger partial charge in [0.1, 0.15) is 40.1 Å². The lowest BCUT2D eigenvalue weighted by atomic mass is 9.77. The molecule has 4 heterocycles. The Morgan fingerprint density at radius 1 is 0.532 bits per heavy atom. The molecule has 7 aromatic carbocycles. The van der Waals surface area contributed by atoms with E-state index in [1.54, 1.807) is 36.4 Å². The van der Waals surface area contributed by atoms with Crippen LogP contribution < -0.4 is 32.8 Å². The molecule has 2 unspecified atom stereocenters. The molecule has 0 aromatic heterocycles. The van der Waals surface area contributed by atoms with Crippen LogP contribution in [0.4, 0.5) is 22.7 Å². The number of ether oxygens (including phenoxy) is 2. The van der Waals surface area contributed by atoms with E-state index in [1.165, 1.54) is 11.1 Å². The van der Waals surface area contributed by atoms with Gasteiger partial charge in [0.05, 0.1) is 23.3 Å². The molecule has 7 aromatic rings. The van der Waals surface area contributed by atoms with Crippen LogP contribution in [-0.2, 0) is 15.4 Å². The zero-order valence-corrected chi connectivity index (χ0v) is 36.4. The average Bonchev–Trinajstić information content (AvgIpc) is 3.52. The number of aryl methyl sites for hydroxylation is 1. The maximum Gasteiger partial charge on any atom is 0.647 e. The predicted molar refractivity (Wildman–Crippen MR) is 247 cm³/mol. The summed E-state index contributed by atoms with van der Waals surface area (Å²) in [6, 6.07) is 42.8. The third-order valence-electron chi connectivity index (χ3n) is 13.4. The largest absolute Gasteiger partial charge is 0.647 e. The molecule has 11 heteroatoms. The molecule has 310 valence electrons. The topological polar surface area (TPSA) is 94.4 Å². The molecule has 11 rings (SSSR count). The monoisotopic (exact) mass is 840 g/mol. The van der Waals surface area contributed by atoms with Gasteiger partial charge in [-0.1, -0.05) is 72.8 Å². The first-order valence-electron chi connectivity index (χ1n) is 20.8. The van der Waals surface area contributed by atoms with Gasteiger partial charge in [0, 0.05) is 36.2 Å². The van der Waals surface area contributed by atoms with Crippen molar-refractivity contribution >= 4 is 64.5 Å². The number of likely N-dealkylation sites (N-methyl/N-ethyl adjacent to an activating group) is 2. The van der Waals surface area contributed by atoms with Crippen LogP contribution in [0.15, 0.2) is 143 Å². The van der Waals surface area contributed by atoms with Gasteiger partial charge in [0.15, 0.2) is 0 Å². The summed E-state index contributed by atoms with van der Waals surface area (Å²) >= 11 is 0. The minimum atomic E-state index is -4.43. The Balaban J connectivity index is 0.941. The molecular weight excluding hydrogens is 796 g/mol. The minimum absolute atomic E-state index is 0.272. The third-order valence-corrected chi connectivity index (χ3v) is 14.7. The molecule has 4 aliphatic heterocycles. The summed E-state index contributed by atoms with van der Waals surface area (Å²) in [5, 5.41) is 3.34. The van der Waals surface area contributed by atoms with Crippen LogP contribution in [0.25, 0.3) is 21.5 Å². The Bertz CT molecular complexity index is 2960. The van der Waals surface area contributed by atoms with Crippen molar-refractivity contribution in [3.8, 4) is 28.7 Å². The fraction of sp³-hybridized carbons (Fsp3) is 0.216. The molecule has 0 N–H and O–H groups in total. The van der Waals surface area contributed by atoms with Gasteiger partial charge in [-0.15, -0.1) is 0 Å². The minimum Gasteiger partial charge on any atom is -0.459 e. The maximum absolute atomic E-state index is 15.1. The highest BCUT2D eigenvalue weighted by atomic mass is 31.2. The van der Waals surface area contributed by atoms with E-state index in [9.17, 15) is 0 Å². The summed E-state index contributed by atoms with van der Waals surface area (Å²) in [7, 11) is -0.352. The first kappa shape index (κ1) is 38.2. The van der Waals surface area contributed by atoms with E-state index in [2.05, 4.69) is 73.9 Å². The molecule has 2 spiro atoms. The van der Waals surface area contributed by atoms with Crippen molar-refractivity contribution in [3.05, 3.63) is 150 Å². The van der Waals surface area contributed by atoms with E-state index >= 15 is 4.57 Å². The van der Waals surface area contributed by atoms with Crippen LogP contribution in [0.3, 0.4) is 0 Å². The van der Waals surface area contributed by atoms with Gasteiger partial charge in [0.25, 0.3) is 0 Å². The number of phosphoric acid groups is 1. The quantitative estimate of drug-likeness (QED) is 0.153. The Labute approximate surface area is 360 Å². The average molecular weight is 841 g/mol. The van der Waals surface area contributed by atoms with Crippen LogP contribution in [0, 0.1) is 6.92 Å². The molecule has 0 saturated heterocycles. The van der Waals surface area contributed by atoms with E-state index < -0.39 is 30.1 Å². The number of para-hydroxylation sites is 2. The Morgan fingerprint density at radius 2 is 0.968 bits per heavy atom. The van der Waals surface area contributed by atoms with Gasteiger partial charge < -0.3 is 32.8 Å². The second kappa shape index (κ2) is 13.1. The van der Waals surface area contributed by atoms with E-state index in [-0.39, 0.29) is 11.5 Å². The first-order valence-corrected chi connectivity index (χ1v) is 22.2. The Hall–Kier alpha value is -6.77. The fourth-order valence-electron chi connectivity index (χ4n) is 9.94. The lowest BCUT2D eigenvalue weighted by Crippen LogP contribution is -2.61. The molecule has 62 heavy (non-hydrogen) atoms. The lowest BCUT2D eigenvalue weighted by Gasteiger charge is -2.45. The highest BCUT2D eigenvalue weighted by Gasteiger charge is 2.60. The summed E-state index contributed by atoms with van der Waals surface area (Å²) in [6.45, 7) is 10.7. The number of hydrogen-bond acceptors (Lipinski definition) is 10. The van der Waals surface area contributed by atoms with Crippen LogP contribution in [0.1, 0.15) is 44.4 Å². The first-order chi connectivity index (χ1) is 29.7. The number of anilines is 2. The maximum atomic E-state index is 15.1. The number of hydrogen-bond donors (Lipinski definition) is 0. The van der Waals surface area contributed by atoms with E-state index in [1.807, 2.05) is 94.1 Å². The molecule has 4 aliphatic rings.